The van der Waals surface area contributed by atoms with Crippen molar-refractivity contribution in [2.45, 2.75) is 74.1 Å². The number of imide groups is 1. The van der Waals surface area contributed by atoms with Crippen LogP contribution in [-0.4, -0.2) is 57.6 Å². The molecule has 4 atom stereocenters. The molecule has 0 bridgehead atoms. The summed E-state index contributed by atoms with van der Waals surface area (Å²) in [6.07, 6.45) is 3.82. The average Bonchev–Trinajstić information content (AvgIpc) is 3.03. The number of carbonyl (C=O) groups excluding carboxylic acids is 3. The Morgan fingerprint density at radius 1 is 1.19 bits per heavy atom. The number of amides is 2. The SMILES string of the molecule is CC1OC(Sc2ccccc2)CC(C)(O)C1OC(=O)CCCCCN1C(=O)C=CC1=O. The van der Waals surface area contributed by atoms with Crippen molar-refractivity contribution in [2.75, 3.05) is 6.54 Å². The summed E-state index contributed by atoms with van der Waals surface area (Å²) in [6.45, 7) is 3.84. The molecule has 2 aliphatic heterocycles. The predicted octanol–water partition coefficient (Wildman–Crippen LogP) is 3.06. The first-order valence-corrected chi connectivity index (χ1v) is 11.5. The predicted molar refractivity (Wildman–Crippen MR) is 116 cm³/mol. The molecule has 4 unspecified atom stereocenters. The van der Waals surface area contributed by atoms with Crippen LogP contribution < -0.4 is 0 Å². The van der Waals surface area contributed by atoms with Gasteiger partial charge >= 0.3 is 5.97 Å². The van der Waals surface area contributed by atoms with Gasteiger partial charge in [0, 0.05) is 36.4 Å². The third kappa shape index (κ3) is 6.41. The first kappa shape index (κ1) is 23.5. The molecule has 7 nitrogen and oxygen atoms in total. The fourth-order valence-corrected chi connectivity index (χ4v) is 5.10. The molecule has 2 amide bonds. The number of nitrogens with zero attached hydrogens (tertiary/aromatic N) is 1. The van der Waals surface area contributed by atoms with Crippen molar-refractivity contribution in [3.05, 3.63) is 42.5 Å². The van der Waals surface area contributed by atoms with E-state index in [1.165, 1.54) is 17.1 Å². The minimum atomic E-state index is -1.19. The lowest BCUT2D eigenvalue weighted by molar-refractivity contribution is -0.209. The molecule has 8 heteroatoms. The van der Waals surface area contributed by atoms with Gasteiger partial charge in [-0.15, -0.1) is 0 Å². The molecule has 1 aromatic carbocycles. The molecule has 2 aliphatic rings. The summed E-state index contributed by atoms with van der Waals surface area (Å²) < 4.78 is 11.6. The molecule has 1 N–H and O–H groups in total. The van der Waals surface area contributed by atoms with Crippen LogP contribution in [-0.2, 0) is 23.9 Å². The molecule has 0 saturated carbocycles. The van der Waals surface area contributed by atoms with Gasteiger partial charge in [0.25, 0.3) is 11.8 Å². The molecule has 0 aliphatic carbocycles. The second kappa shape index (κ2) is 10.4. The van der Waals surface area contributed by atoms with Crippen molar-refractivity contribution in [2.24, 2.45) is 0 Å². The molecule has 0 spiro atoms. The van der Waals surface area contributed by atoms with Gasteiger partial charge in [-0.25, -0.2) is 0 Å². The first-order valence-electron chi connectivity index (χ1n) is 10.6. The van der Waals surface area contributed by atoms with Crippen LogP contribution in [0.15, 0.2) is 47.4 Å². The molecular formula is C23H29NO6S. The largest absolute Gasteiger partial charge is 0.457 e. The summed E-state index contributed by atoms with van der Waals surface area (Å²) in [6, 6.07) is 9.84. The van der Waals surface area contributed by atoms with Gasteiger partial charge in [-0.2, -0.15) is 0 Å². The van der Waals surface area contributed by atoms with E-state index >= 15 is 0 Å². The van der Waals surface area contributed by atoms with Crippen LogP contribution >= 0.6 is 11.8 Å². The number of benzene rings is 1. The molecule has 31 heavy (non-hydrogen) atoms. The van der Waals surface area contributed by atoms with Crippen molar-refractivity contribution < 1.29 is 29.0 Å². The van der Waals surface area contributed by atoms with E-state index < -0.39 is 17.8 Å². The first-order chi connectivity index (χ1) is 14.8. The lowest BCUT2D eigenvalue weighted by Gasteiger charge is -2.43. The Balaban J connectivity index is 1.40. The van der Waals surface area contributed by atoms with Gasteiger partial charge in [-0.05, 0) is 38.8 Å². The number of hydrogen-bond donors (Lipinski definition) is 1. The molecular weight excluding hydrogens is 418 g/mol. The highest BCUT2D eigenvalue weighted by Crippen LogP contribution is 2.38. The summed E-state index contributed by atoms with van der Waals surface area (Å²) in [4.78, 5) is 37.6. The van der Waals surface area contributed by atoms with Crippen LogP contribution in [0.2, 0.25) is 0 Å². The number of ether oxygens (including phenoxy) is 2. The summed E-state index contributed by atoms with van der Waals surface area (Å²) in [5, 5.41) is 10.9. The van der Waals surface area contributed by atoms with Crippen LogP contribution in [0.1, 0.15) is 46.0 Å². The average molecular weight is 448 g/mol. The number of carbonyl (C=O) groups is 3. The maximum atomic E-state index is 12.3. The van der Waals surface area contributed by atoms with Gasteiger partial charge in [-0.3, -0.25) is 19.3 Å². The van der Waals surface area contributed by atoms with E-state index in [2.05, 4.69) is 0 Å². The van der Waals surface area contributed by atoms with E-state index in [9.17, 15) is 19.5 Å². The lowest BCUT2D eigenvalue weighted by atomic mass is 9.89. The zero-order valence-corrected chi connectivity index (χ0v) is 18.7. The van der Waals surface area contributed by atoms with Crippen LogP contribution in [0.3, 0.4) is 0 Å². The van der Waals surface area contributed by atoms with E-state index in [0.717, 1.165) is 4.90 Å². The van der Waals surface area contributed by atoms with Gasteiger partial charge in [0.05, 0.1) is 6.10 Å². The second-order valence-corrected chi connectivity index (χ2v) is 9.38. The summed E-state index contributed by atoms with van der Waals surface area (Å²) in [5.74, 6) is -0.965. The van der Waals surface area contributed by atoms with Gasteiger partial charge in [0.1, 0.15) is 11.0 Å². The van der Waals surface area contributed by atoms with Gasteiger partial charge in [-0.1, -0.05) is 36.4 Å². The van der Waals surface area contributed by atoms with Crippen molar-refractivity contribution in [1.29, 1.82) is 0 Å². The fraction of sp³-hybridized carbons (Fsp3) is 0.522. The standard InChI is InChI=1S/C23H29NO6S/c1-16-22(23(2,28)15-21(29-16)31-17-9-5-3-6-10-17)30-20(27)11-7-4-8-14-24-18(25)12-13-19(24)26/h3,5-6,9-10,12-13,16,21-22,28H,4,7-8,11,14-15H2,1-2H3. The third-order valence-corrected chi connectivity index (χ3v) is 6.50. The van der Waals surface area contributed by atoms with Crippen molar-refractivity contribution in [3.63, 3.8) is 0 Å². The molecule has 1 aromatic rings. The Morgan fingerprint density at radius 2 is 1.87 bits per heavy atom. The van der Waals surface area contributed by atoms with E-state index in [-0.39, 0.29) is 29.6 Å². The molecule has 3 rings (SSSR count). The van der Waals surface area contributed by atoms with Crippen LogP contribution in [0.5, 0.6) is 0 Å². The molecule has 0 aromatic heterocycles. The molecule has 2 heterocycles. The number of esters is 1. The Bertz CT molecular complexity index is 807. The monoisotopic (exact) mass is 447 g/mol. The van der Waals surface area contributed by atoms with E-state index in [4.69, 9.17) is 9.47 Å². The van der Waals surface area contributed by atoms with Gasteiger partial charge < -0.3 is 14.6 Å². The zero-order chi connectivity index (χ0) is 22.4. The minimum absolute atomic E-state index is 0.210. The number of thioether (sulfide) groups is 1. The quantitative estimate of drug-likeness (QED) is 0.353. The van der Waals surface area contributed by atoms with E-state index in [0.29, 0.717) is 32.2 Å². The Morgan fingerprint density at radius 3 is 2.52 bits per heavy atom. The molecule has 0 radical (unpaired) electrons. The molecule has 168 valence electrons. The number of rotatable bonds is 9. The fourth-order valence-electron chi connectivity index (χ4n) is 3.83. The topological polar surface area (TPSA) is 93.1 Å². The van der Waals surface area contributed by atoms with Crippen molar-refractivity contribution in [3.8, 4) is 0 Å². The third-order valence-electron chi connectivity index (χ3n) is 5.42. The number of hydrogen-bond acceptors (Lipinski definition) is 7. The van der Waals surface area contributed by atoms with Crippen LogP contribution in [0.4, 0.5) is 0 Å². The van der Waals surface area contributed by atoms with Crippen LogP contribution in [0, 0.1) is 0 Å². The Labute approximate surface area is 186 Å². The zero-order valence-electron chi connectivity index (χ0n) is 17.9. The van der Waals surface area contributed by atoms with Crippen molar-refractivity contribution in [1.82, 2.24) is 4.90 Å². The number of unbranched alkanes of at least 4 members (excludes halogenated alkanes) is 2. The highest BCUT2D eigenvalue weighted by Gasteiger charge is 2.46. The normalized spacial score (nSPS) is 28.2. The second-order valence-electron chi connectivity index (χ2n) is 8.15. The lowest BCUT2D eigenvalue weighted by Crippen LogP contribution is -2.55. The van der Waals surface area contributed by atoms with Crippen LogP contribution in [0.25, 0.3) is 0 Å². The van der Waals surface area contributed by atoms with Gasteiger partial charge in [0.15, 0.2) is 6.10 Å². The van der Waals surface area contributed by atoms with Crippen molar-refractivity contribution >= 4 is 29.5 Å². The Hall–Kier alpha value is -2.16. The Kier molecular flexibility index (Phi) is 7.91. The summed E-state index contributed by atoms with van der Waals surface area (Å²) >= 11 is 1.54. The van der Waals surface area contributed by atoms with E-state index in [1.54, 1.807) is 18.7 Å². The molecule has 1 saturated heterocycles. The van der Waals surface area contributed by atoms with Gasteiger partial charge in [0.2, 0.25) is 0 Å². The molecule has 1 fully saturated rings. The summed E-state index contributed by atoms with van der Waals surface area (Å²) in [5.41, 5.74) is -1.42. The smallest absolute Gasteiger partial charge is 0.306 e. The highest BCUT2D eigenvalue weighted by atomic mass is 32.2. The van der Waals surface area contributed by atoms with E-state index in [1.807, 2.05) is 37.3 Å². The summed E-state index contributed by atoms with van der Waals surface area (Å²) in [7, 11) is 0. The maximum Gasteiger partial charge on any atom is 0.306 e. The highest BCUT2D eigenvalue weighted by molar-refractivity contribution is 7.99. The maximum absolute atomic E-state index is 12.3. The minimum Gasteiger partial charge on any atom is -0.457 e. The number of aliphatic hydroxyl groups is 1.